The standard InChI is InChI=1S/C17H24N2O4/c20-15(13-23-14-7-4-2-1-3-5-8-14)18-11-6-12-19-16(21)9-10-17(19)22/h4,7,9-10,14H,1-3,5-6,8,11-13H2,(H,18,20)/b7-4-. The topological polar surface area (TPSA) is 75.7 Å². The molecule has 1 aliphatic carbocycles. The van der Waals surface area contributed by atoms with Crippen LogP contribution in [0.4, 0.5) is 0 Å². The summed E-state index contributed by atoms with van der Waals surface area (Å²) in [6.07, 6.45) is 12.8. The minimum absolute atomic E-state index is 0.0203. The van der Waals surface area contributed by atoms with Crippen molar-refractivity contribution in [2.24, 2.45) is 0 Å². The normalized spacial score (nSPS) is 22.8. The summed E-state index contributed by atoms with van der Waals surface area (Å²) in [4.78, 5) is 35.6. The fourth-order valence-corrected chi connectivity index (χ4v) is 2.62. The third kappa shape index (κ3) is 5.98. The Balaban J connectivity index is 1.57. The predicted octanol–water partition coefficient (Wildman–Crippen LogP) is 1.32. The first-order valence-corrected chi connectivity index (χ1v) is 8.25. The molecule has 1 aliphatic heterocycles. The number of hydrogen-bond acceptors (Lipinski definition) is 4. The molecule has 0 fully saturated rings. The largest absolute Gasteiger partial charge is 0.364 e. The van der Waals surface area contributed by atoms with Crippen molar-refractivity contribution in [2.75, 3.05) is 19.7 Å². The lowest BCUT2D eigenvalue weighted by molar-refractivity contribution is -0.136. The van der Waals surface area contributed by atoms with E-state index in [0.717, 1.165) is 19.3 Å². The number of nitrogens with zero attached hydrogens (tertiary/aromatic N) is 1. The van der Waals surface area contributed by atoms with Gasteiger partial charge in [0, 0.05) is 25.2 Å². The van der Waals surface area contributed by atoms with Crippen LogP contribution in [-0.2, 0) is 19.1 Å². The highest BCUT2D eigenvalue weighted by Crippen LogP contribution is 2.14. The fourth-order valence-electron chi connectivity index (χ4n) is 2.62. The van der Waals surface area contributed by atoms with E-state index in [1.807, 2.05) is 6.08 Å². The van der Waals surface area contributed by atoms with Crippen LogP contribution in [-0.4, -0.2) is 48.4 Å². The molecule has 1 unspecified atom stereocenters. The Kier molecular flexibility index (Phi) is 7.00. The number of allylic oxidation sites excluding steroid dienone is 1. The zero-order chi connectivity index (χ0) is 16.5. The van der Waals surface area contributed by atoms with E-state index < -0.39 is 0 Å². The molecule has 1 N–H and O–H groups in total. The van der Waals surface area contributed by atoms with Gasteiger partial charge in [-0.2, -0.15) is 0 Å². The highest BCUT2D eigenvalue weighted by molar-refractivity contribution is 6.12. The van der Waals surface area contributed by atoms with Crippen LogP contribution in [0.2, 0.25) is 0 Å². The van der Waals surface area contributed by atoms with Crippen molar-refractivity contribution >= 4 is 17.7 Å². The minimum Gasteiger partial charge on any atom is -0.364 e. The molecule has 0 saturated carbocycles. The van der Waals surface area contributed by atoms with Gasteiger partial charge in [-0.25, -0.2) is 0 Å². The number of carbonyl (C=O) groups excluding carboxylic acids is 3. The van der Waals surface area contributed by atoms with Crippen molar-refractivity contribution in [3.05, 3.63) is 24.3 Å². The van der Waals surface area contributed by atoms with Crippen molar-refractivity contribution in [1.82, 2.24) is 10.2 Å². The van der Waals surface area contributed by atoms with Crippen LogP contribution in [0.3, 0.4) is 0 Å². The molecule has 0 spiro atoms. The number of rotatable bonds is 7. The van der Waals surface area contributed by atoms with Crippen molar-refractivity contribution in [3.8, 4) is 0 Å². The zero-order valence-electron chi connectivity index (χ0n) is 13.3. The Labute approximate surface area is 136 Å². The molecule has 0 radical (unpaired) electrons. The monoisotopic (exact) mass is 320 g/mol. The number of ether oxygens (including phenoxy) is 1. The summed E-state index contributed by atoms with van der Waals surface area (Å²) >= 11 is 0. The molecule has 6 heteroatoms. The highest BCUT2D eigenvalue weighted by Gasteiger charge is 2.22. The van der Waals surface area contributed by atoms with Crippen LogP contribution in [0.25, 0.3) is 0 Å². The van der Waals surface area contributed by atoms with Crippen LogP contribution in [0.5, 0.6) is 0 Å². The quantitative estimate of drug-likeness (QED) is 0.436. The summed E-state index contributed by atoms with van der Waals surface area (Å²) in [7, 11) is 0. The molecular formula is C17H24N2O4. The van der Waals surface area contributed by atoms with Crippen LogP contribution in [0.15, 0.2) is 24.3 Å². The number of amides is 3. The lowest BCUT2D eigenvalue weighted by atomic mass is 10.0. The van der Waals surface area contributed by atoms with Gasteiger partial charge in [-0.05, 0) is 25.7 Å². The molecule has 2 rings (SSSR count). The third-order valence-corrected chi connectivity index (χ3v) is 3.92. The van der Waals surface area contributed by atoms with E-state index in [9.17, 15) is 14.4 Å². The van der Waals surface area contributed by atoms with Gasteiger partial charge in [0.1, 0.15) is 6.61 Å². The SMILES string of the molecule is O=C(COC1/C=C\CCCCC1)NCCCN1C(=O)C=CC1=O. The Morgan fingerprint density at radius 2 is 2.00 bits per heavy atom. The van der Waals surface area contributed by atoms with E-state index in [0.29, 0.717) is 19.5 Å². The number of hydrogen-bond donors (Lipinski definition) is 1. The smallest absolute Gasteiger partial charge is 0.253 e. The molecular weight excluding hydrogens is 296 g/mol. The van der Waals surface area contributed by atoms with E-state index in [2.05, 4.69) is 11.4 Å². The minimum atomic E-state index is -0.291. The van der Waals surface area contributed by atoms with Crippen molar-refractivity contribution in [3.63, 3.8) is 0 Å². The molecule has 126 valence electrons. The van der Waals surface area contributed by atoms with E-state index in [1.165, 1.54) is 29.9 Å². The van der Waals surface area contributed by atoms with Crippen LogP contribution < -0.4 is 5.32 Å². The molecule has 1 atom stereocenters. The maximum Gasteiger partial charge on any atom is 0.253 e. The fraction of sp³-hybridized carbons (Fsp3) is 0.588. The van der Waals surface area contributed by atoms with Crippen LogP contribution in [0.1, 0.15) is 38.5 Å². The zero-order valence-corrected chi connectivity index (χ0v) is 13.3. The van der Waals surface area contributed by atoms with Gasteiger partial charge in [-0.1, -0.05) is 25.0 Å². The van der Waals surface area contributed by atoms with Crippen molar-refractivity contribution < 1.29 is 19.1 Å². The molecule has 0 aromatic carbocycles. The van der Waals surface area contributed by atoms with Gasteiger partial charge in [0.2, 0.25) is 5.91 Å². The number of nitrogens with one attached hydrogen (secondary N) is 1. The van der Waals surface area contributed by atoms with Gasteiger partial charge < -0.3 is 10.1 Å². The highest BCUT2D eigenvalue weighted by atomic mass is 16.5. The summed E-state index contributed by atoms with van der Waals surface area (Å²) in [5.41, 5.74) is 0. The average Bonchev–Trinajstić information content (AvgIpc) is 2.82. The summed E-state index contributed by atoms with van der Waals surface area (Å²) < 4.78 is 5.62. The van der Waals surface area contributed by atoms with Crippen LogP contribution >= 0.6 is 0 Å². The summed E-state index contributed by atoms with van der Waals surface area (Å²) in [5.74, 6) is -0.751. The molecule has 0 saturated heterocycles. The first kappa shape index (κ1) is 17.4. The van der Waals surface area contributed by atoms with Gasteiger partial charge >= 0.3 is 0 Å². The van der Waals surface area contributed by atoms with Gasteiger partial charge in [0.15, 0.2) is 0 Å². The van der Waals surface area contributed by atoms with E-state index >= 15 is 0 Å². The number of imide groups is 1. The Bertz CT molecular complexity index is 481. The Morgan fingerprint density at radius 1 is 1.22 bits per heavy atom. The predicted molar refractivity (Wildman–Crippen MR) is 85.5 cm³/mol. The molecule has 0 aromatic heterocycles. The third-order valence-electron chi connectivity index (χ3n) is 3.92. The van der Waals surface area contributed by atoms with Gasteiger partial charge in [-0.15, -0.1) is 0 Å². The molecule has 2 aliphatic rings. The lowest BCUT2D eigenvalue weighted by Gasteiger charge is -2.16. The second-order valence-corrected chi connectivity index (χ2v) is 5.78. The maximum atomic E-state index is 11.7. The van der Waals surface area contributed by atoms with Gasteiger partial charge in [0.25, 0.3) is 11.8 Å². The summed E-state index contributed by atoms with van der Waals surface area (Å²) in [6, 6.07) is 0. The van der Waals surface area contributed by atoms with Gasteiger partial charge in [0.05, 0.1) is 6.10 Å². The molecule has 0 bridgehead atoms. The molecule has 0 aromatic rings. The van der Waals surface area contributed by atoms with Crippen molar-refractivity contribution in [2.45, 2.75) is 44.6 Å². The second-order valence-electron chi connectivity index (χ2n) is 5.78. The van der Waals surface area contributed by atoms with E-state index in [-0.39, 0.29) is 30.4 Å². The van der Waals surface area contributed by atoms with Crippen LogP contribution in [0, 0.1) is 0 Å². The molecule has 3 amide bonds. The second kappa shape index (κ2) is 9.25. The number of carbonyl (C=O) groups is 3. The van der Waals surface area contributed by atoms with E-state index in [4.69, 9.17) is 4.74 Å². The van der Waals surface area contributed by atoms with E-state index in [1.54, 1.807) is 0 Å². The average molecular weight is 320 g/mol. The summed E-state index contributed by atoms with van der Waals surface area (Å²) in [5, 5.41) is 2.75. The Morgan fingerprint density at radius 3 is 2.78 bits per heavy atom. The molecule has 1 heterocycles. The maximum absolute atomic E-state index is 11.7. The van der Waals surface area contributed by atoms with Crippen molar-refractivity contribution in [1.29, 1.82) is 0 Å². The lowest BCUT2D eigenvalue weighted by Crippen LogP contribution is -2.35. The summed E-state index contributed by atoms with van der Waals surface area (Å²) in [6.45, 7) is 0.773. The Hall–Kier alpha value is -1.95. The first-order valence-electron chi connectivity index (χ1n) is 8.25. The molecule has 6 nitrogen and oxygen atoms in total. The van der Waals surface area contributed by atoms with Gasteiger partial charge in [-0.3, -0.25) is 19.3 Å². The molecule has 23 heavy (non-hydrogen) atoms. The first-order chi connectivity index (χ1) is 11.2.